The van der Waals surface area contributed by atoms with Gasteiger partial charge in [0.05, 0.1) is 16.8 Å². The van der Waals surface area contributed by atoms with Crippen LogP contribution in [0.5, 0.6) is 5.75 Å². The Kier molecular flexibility index (Phi) is 4.09. The van der Waals surface area contributed by atoms with E-state index in [1.807, 2.05) is 62.0 Å². The Balaban J connectivity index is 1.26. The van der Waals surface area contributed by atoms with E-state index in [1.54, 1.807) is 0 Å². The molecule has 0 aromatic carbocycles. The molecule has 174 valence electrons. The molecule has 1 aliphatic heterocycles. The van der Waals surface area contributed by atoms with Crippen LogP contribution in [0, 0.1) is 18.3 Å². The molecule has 4 aromatic rings. The van der Waals surface area contributed by atoms with Crippen LogP contribution >= 0.6 is 11.6 Å². The lowest BCUT2D eigenvalue weighted by atomic mass is 9.67. The number of allylic oxidation sites excluding steroid dienone is 1. The van der Waals surface area contributed by atoms with Gasteiger partial charge in [-0.05, 0) is 32.9 Å². The van der Waals surface area contributed by atoms with Crippen LogP contribution < -0.4 is 4.74 Å². The van der Waals surface area contributed by atoms with Crippen molar-refractivity contribution in [2.45, 2.75) is 44.8 Å². The molecule has 5 heterocycles. The van der Waals surface area contributed by atoms with Crippen molar-refractivity contribution in [2.75, 3.05) is 6.61 Å². The number of fused-ring (bicyclic) bond motifs is 5. The second-order valence-corrected chi connectivity index (χ2v) is 10.3. The zero-order valence-electron chi connectivity index (χ0n) is 19.1. The fourth-order valence-corrected chi connectivity index (χ4v) is 6.15. The van der Waals surface area contributed by atoms with Crippen molar-refractivity contribution in [1.29, 1.82) is 0 Å². The summed E-state index contributed by atoms with van der Waals surface area (Å²) in [6.07, 6.45) is 11.6. The van der Waals surface area contributed by atoms with Gasteiger partial charge in [-0.2, -0.15) is 0 Å². The Bertz CT molecular complexity index is 1480. The summed E-state index contributed by atoms with van der Waals surface area (Å²) in [6, 6.07) is 5.92. The molecule has 4 aromatic heterocycles. The van der Waals surface area contributed by atoms with Gasteiger partial charge in [0.2, 0.25) is 0 Å². The molecule has 0 spiro atoms. The number of aryl methyl sites for hydroxylation is 1. The van der Waals surface area contributed by atoms with Gasteiger partial charge in [-0.1, -0.05) is 23.8 Å². The Hall–Kier alpha value is -2.94. The minimum Gasteiger partial charge on any atom is -0.492 e. The fraction of sp³-hybridized carbons (Fsp3) is 0.400. The van der Waals surface area contributed by atoms with Crippen LogP contribution in [-0.4, -0.2) is 48.5 Å². The van der Waals surface area contributed by atoms with E-state index < -0.39 is 5.79 Å². The Morgan fingerprint density at radius 2 is 2.03 bits per heavy atom. The molecule has 9 heteroatoms. The molecule has 3 aliphatic rings. The van der Waals surface area contributed by atoms with Gasteiger partial charge in [0.1, 0.15) is 47.3 Å². The molecular weight excluding hydrogens is 454 g/mol. The normalized spacial score (nSPS) is 31.1. The van der Waals surface area contributed by atoms with Gasteiger partial charge in [-0.25, -0.2) is 15.0 Å². The SMILES string of the molecule is Cc1cnc2cc(OC[C@@]34C=C[C@@H]3[C@@H](n3ccc5c(Cl)ncnc53)[C@@H]3OC(C)(C)O[C@@H]34)ccn12. The molecule has 0 bridgehead atoms. The number of hydrogen-bond acceptors (Lipinski definition) is 6. The Morgan fingerprint density at radius 3 is 2.85 bits per heavy atom. The molecule has 0 N–H and O–H groups in total. The predicted molar refractivity (Wildman–Crippen MR) is 126 cm³/mol. The molecule has 0 amide bonds. The molecule has 2 aliphatic carbocycles. The van der Waals surface area contributed by atoms with Gasteiger partial charge in [0, 0.05) is 36.3 Å². The summed E-state index contributed by atoms with van der Waals surface area (Å²) in [4.78, 5) is 13.1. The highest BCUT2D eigenvalue weighted by molar-refractivity contribution is 6.33. The molecule has 0 unspecified atom stereocenters. The maximum absolute atomic E-state index is 6.49. The average Bonchev–Trinajstić information content (AvgIpc) is 3.50. The van der Waals surface area contributed by atoms with Crippen molar-refractivity contribution in [3.05, 3.63) is 66.1 Å². The summed E-state index contributed by atoms with van der Waals surface area (Å²) in [5.41, 5.74) is 2.44. The summed E-state index contributed by atoms with van der Waals surface area (Å²) in [6.45, 7) is 6.45. The third-order valence-electron chi connectivity index (χ3n) is 7.54. The van der Waals surface area contributed by atoms with Gasteiger partial charge in [0.15, 0.2) is 5.79 Å². The summed E-state index contributed by atoms with van der Waals surface area (Å²) < 4.78 is 23.6. The molecule has 0 radical (unpaired) electrons. The zero-order chi connectivity index (χ0) is 23.2. The third kappa shape index (κ3) is 2.70. The van der Waals surface area contributed by atoms with Crippen LogP contribution in [0.4, 0.5) is 0 Å². The minimum atomic E-state index is -0.684. The highest BCUT2D eigenvalue weighted by Crippen LogP contribution is 2.62. The number of aromatic nitrogens is 5. The molecule has 5 atom stereocenters. The van der Waals surface area contributed by atoms with E-state index in [9.17, 15) is 0 Å². The summed E-state index contributed by atoms with van der Waals surface area (Å²) >= 11 is 6.34. The summed E-state index contributed by atoms with van der Waals surface area (Å²) in [5.74, 6) is 0.271. The number of halogens is 1. The van der Waals surface area contributed by atoms with Crippen LogP contribution in [0.15, 0.2) is 55.3 Å². The topological polar surface area (TPSA) is 75.7 Å². The van der Waals surface area contributed by atoms with E-state index in [0.717, 1.165) is 28.1 Å². The van der Waals surface area contributed by atoms with Crippen molar-refractivity contribution in [1.82, 2.24) is 23.9 Å². The highest BCUT2D eigenvalue weighted by Gasteiger charge is 2.68. The summed E-state index contributed by atoms with van der Waals surface area (Å²) in [7, 11) is 0. The Morgan fingerprint density at radius 1 is 1.15 bits per heavy atom. The fourth-order valence-electron chi connectivity index (χ4n) is 5.95. The second-order valence-electron chi connectivity index (χ2n) is 9.91. The number of imidazole rings is 1. The maximum Gasteiger partial charge on any atom is 0.163 e. The lowest BCUT2D eigenvalue weighted by Gasteiger charge is -2.43. The van der Waals surface area contributed by atoms with Crippen molar-refractivity contribution >= 4 is 28.3 Å². The first kappa shape index (κ1) is 20.4. The molecule has 1 saturated carbocycles. The molecule has 2 fully saturated rings. The monoisotopic (exact) mass is 477 g/mol. The number of ether oxygens (including phenoxy) is 3. The molecule has 7 rings (SSSR count). The zero-order valence-corrected chi connectivity index (χ0v) is 19.8. The largest absolute Gasteiger partial charge is 0.492 e. The van der Waals surface area contributed by atoms with Crippen molar-refractivity contribution in [3.8, 4) is 5.75 Å². The van der Waals surface area contributed by atoms with Crippen LogP contribution in [0.3, 0.4) is 0 Å². The van der Waals surface area contributed by atoms with Crippen LogP contribution in [0.1, 0.15) is 25.6 Å². The van der Waals surface area contributed by atoms with Gasteiger partial charge < -0.3 is 23.2 Å². The number of pyridine rings is 1. The van der Waals surface area contributed by atoms with E-state index in [-0.39, 0.29) is 29.6 Å². The number of hydrogen-bond donors (Lipinski definition) is 0. The van der Waals surface area contributed by atoms with Crippen molar-refractivity contribution < 1.29 is 14.2 Å². The first-order chi connectivity index (χ1) is 16.4. The van der Waals surface area contributed by atoms with E-state index in [0.29, 0.717) is 11.8 Å². The smallest absolute Gasteiger partial charge is 0.163 e. The standard InChI is InChI=1S/C25H24ClN5O3/c1-14-11-27-18-10-15(5-8-30(14)18)32-12-25-7-4-17(25)19(20-21(25)34-24(2,3)33-20)31-9-6-16-22(26)28-13-29-23(16)31/h4-11,13,17,19-21H,12H2,1-3H3/t17-,19-,20+,21+,25+/m1/s1. The van der Waals surface area contributed by atoms with Gasteiger partial charge in [0.25, 0.3) is 0 Å². The van der Waals surface area contributed by atoms with E-state index in [1.165, 1.54) is 6.33 Å². The summed E-state index contributed by atoms with van der Waals surface area (Å²) in [5, 5.41) is 1.28. The minimum absolute atomic E-state index is 0.00117. The van der Waals surface area contributed by atoms with Crippen molar-refractivity contribution in [3.63, 3.8) is 0 Å². The molecular formula is C25H24ClN5O3. The van der Waals surface area contributed by atoms with Gasteiger partial charge in [-0.15, -0.1) is 0 Å². The van der Waals surface area contributed by atoms with E-state index >= 15 is 0 Å². The quantitative estimate of drug-likeness (QED) is 0.321. The number of nitrogens with zero attached hydrogens (tertiary/aromatic N) is 5. The molecule has 1 saturated heterocycles. The maximum atomic E-state index is 6.49. The first-order valence-electron chi connectivity index (χ1n) is 11.4. The van der Waals surface area contributed by atoms with Gasteiger partial charge in [-0.3, -0.25) is 0 Å². The van der Waals surface area contributed by atoms with Crippen LogP contribution in [-0.2, 0) is 9.47 Å². The molecule has 34 heavy (non-hydrogen) atoms. The van der Waals surface area contributed by atoms with Crippen LogP contribution in [0.2, 0.25) is 5.15 Å². The van der Waals surface area contributed by atoms with E-state index in [2.05, 4.69) is 31.7 Å². The second kappa shape index (κ2) is 6.81. The highest BCUT2D eigenvalue weighted by atomic mass is 35.5. The number of rotatable bonds is 4. The average molecular weight is 478 g/mol. The van der Waals surface area contributed by atoms with E-state index in [4.69, 9.17) is 25.8 Å². The lowest BCUT2D eigenvalue weighted by molar-refractivity contribution is -0.174. The first-order valence-corrected chi connectivity index (χ1v) is 11.8. The Labute approximate surface area is 201 Å². The predicted octanol–water partition coefficient (Wildman–Crippen LogP) is 4.37. The van der Waals surface area contributed by atoms with Crippen LogP contribution in [0.25, 0.3) is 16.7 Å². The lowest BCUT2D eigenvalue weighted by Crippen LogP contribution is -2.47. The third-order valence-corrected chi connectivity index (χ3v) is 7.84. The molecule has 8 nitrogen and oxygen atoms in total. The van der Waals surface area contributed by atoms with Gasteiger partial charge >= 0.3 is 0 Å². The van der Waals surface area contributed by atoms with Crippen molar-refractivity contribution in [2.24, 2.45) is 11.3 Å².